The first-order valence-corrected chi connectivity index (χ1v) is 10.2. The van der Waals surface area contributed by atoms with Gasteiger partial charge in [-0.05, 0) is 38.0 Å². The molecule has 0 radical (unpaired) electrons. The van der Waals surface area contributed by atoms with Crippen molar-refractivity contribution in [2.45, 2.75) is 36.7 Å². The zero-order chi connectivity index (χ0) is 18.2. The van der Waals surface area contributed by atoms with Gasteiger partial charge in [-0.1, -0.05) is 11.6 Å². The highest BCUT2D eigenvalue weighted by molar-refractivity contribution is 7.89. The Morgan fingerprint density at radius 2 is 2.00 bits per heavy atom. The van der Waals surface area contributed by atoms with Gasteiger partial charge in [-0.2, -0.15) is 4.31 Å². The van der Waals surface area contributed by atoms with Crippen LogP contribution in [0.1, 0.15) is 19.8 Å². The molecule has 1 atom stereocenters. The Hall–Kier alpha value is -1.22. The van der Waals surface area contributed by atoms with Crippen LogP contribution in [0.4, 0.5) is 4.39 Å². The molecule has 2 N–H and O–H groups in total. The second kappa shape index (κ2) is 7.19. The van der Waals surface area contributed by atoms with E-state index in [2.05, 4.69) is 5.32 Å². The number of halogens is 2. The van der Waals surface area contributed by atoms with Crippen molar-refractivity contribution < 1.29 is 22.5 Å². The highest BCUT2D eigenvalue weighted by atomic mass is 35.5. The summed E-state index contributed by atoms with van der Waals surface area (Å²) in [6.45, 7) is 3.60. The van der Waals surface area contributed by atoms with Crippen LogP contribution in [0, 0.1) is 5.82 Å². The Balaban J connectivity index is 1.62. The Labute approximate surface area is 152 Å². The lowest BCUT2D eigenvalue weighted by atomic mass is 10.2. The predicted octanol–water partition coefficient (Wildman–Crippen LogP) is 0.0354. The molecule has 2 fully saturated rings. The van der Waals surface area contributed by atoms with Crippen LogP contribution >= 0.6 is 11.6 Å². The first-order valence-electron chi connectivity index (χ1n) is 8.39. The number of carbonyl (C=O) groups is 1. The molecule has 0 aromatic heterocycles. The number of carbonyl (C=O) groups excluding carboxylic acids is 1. The molecule has 1 aliphatic heterocycles. The monoisotopic (exact) mass is 390 g/mol. The molecule has 6 nitrogen and oxygen atoms in total. The molecule has 1 aliphatic carbocycles. The van der Waals surface area contributed by atoms with Gasteiger partial charge in [0, 0.05) is 6.04 Å². The molecule has 9 heteroatoms. The smallest absolute Gasteiger partial charge is 0.278 e. The van der Waals surface area contributed by atoms with E-state index in [1.165, 1.54) is 10.4 Å². The average molecular weight is 391 g/mol. The first kappa shape index (κ1) is 18.6. The van der Waals surface area contributed by atoms with Crippen molar-refractivity contribution in [3.63, 3.8) is 0 Å². The maximum atomic E-state index is 13.3. The molecule has 1 saturated carbocycles. The van der Waals surface area contributed by atoms with Crippen LogP contribution in [0.3, 0.4) is 0 Å². The van der Waals surface area contributed by atoms with Crippen molar-refractivity contribution in [3.8, 4) is 0 Å². The number of rotatable bonds is 5. The lowest BCUT2D eigenvalue weighted by Gasteiger charge is -2.34. The third-order valence-electron chi connectivity index (χ3n) is 4.82. The minimum atomic E-state index is -3.71. The van der Waals surface area contributed by atoms with Gasteiger partial charge in [-0.25, -0.2) is 12.8 Å². The molecule has 0 spiro atoms. The third kappa shape index (κ3) is 4.13. The summed E-state index contributed by atoms with van der Waals surface area (Å²) in [6.07, 6.45) is 2.08. The SMILES string of the molecule is C[C@H](C(=O)NC1CC1)[NH+]1CCN(S(=O)(=O)c2ccc(F)c(Cl)c2)CC1. The fraction of sp³-hybridized carbons (Fsp3) is 0.562. The van der Waals surface area contributed by atoms with E-state index < -0.39 is 15.8 Å². The van der Waals surface area contributed by atoms with Crippen LogP contribution in [0.5, 0.6) is 0 Å². The van der Waals surface area contributed by atoms with E-state index in [0.29, 0.717) is 32.2 Å². The summed E-state index contributed by atoms with van der Waals surface area (Å²) in [5.74, 6) is -0.621. The maximum absolute atomic E-state index is 13.3. The van der Waals surface area contributed by atoms with Gasteiger partial charge in [0.1, 0.15) is 5.82 Å². The summed E-state index contributed by atoms with van der Waals surface area (Å²) in [5, 5.41) is 2.78. The quantitative estimate of drug-likeness (QED) is 0.745. The van der Waals surface area contributed by atoms with Gasteiger partial charge < -0.3 is 10.2 Å². The number of piperazine rings is 1. The second-order valence-corrected chi connectivity index (χ2v) is 8.99. The number of benzene rings is 1. The molecule has 1 amide bonds. The van der Waals surface area contributed by atoms with E-state index in [9.17, 15) is 17.6 Å². The molecule has 1 aromatic carbocycles. The molecule has 25 heavy (non-hydrogen) atoms. The number of sulfonamides is 1. The maximum Gasteiger partial charge on any atom is 0.278 e. The van der Waals surface area contributed by atoms with E-state index in [0.717, 1.165) is 29.9 Å². The van der Waals surface area contributed by atoms with Crippen LogP contribution in [0.25, 0.3) is 0 Å². The van der Waals surface area contributed by atoms with Crippen molar-refractivity contribution in [2.24, 2.45) is 0 Å². The highest BCUT2D eigenvalue weighted by Gasteiger charge is 2.36. The van der Waals surface area contributed by atoms with Gasteiger partial charge in [0.2, 0.25) is 10.0 Å². The number of quaternary nitrogens is 1. The molecule has 0 bridgehead atoms. The van der Waals surface area contributed by atoms with Gasteiger partial charge in [0.05, 0.1) is 36.1 Å². The molecule has 1 heterocycles. The zero-order valence-corrected chi connectivity index (χ0v) is 15.5. The third-order valence-corrected chi connectivity index (χ3v) is 7.01. The van der Waals surface area contributed by atoms with Crippen molar-refractivity contribution in [1.29, 1.82) is 0 Å². The Kier molecular flexibility index (Phi) is 5.34. The fourth-order valence-electron chi connectivity index (χ4n) is 2.97. The minimum Gasteiger partial charge on any atom is -0.348 e. The summed E-state index contributed by atoms with van der Waals surface area (Å²) in [4.78, 5) is 13.2. The summed E-state index contributed by atoms with van der Waals surface area (Å²) >= 11 is 5.70. The average Bonchev–Trinajstić information content (AvgIpc) is 3.40. The first-order chi connectivity index (χ1) is 11.8. The van der Waals surface area contributed by atoms with Gasteiger partial charge in [-0.3, -0.25) is 4.79 Å². The summed E-state index contributed by atoms with van der Waals surface area (Å²) < 4.78 is 40.0. The lowest BCUT2D eigenvalue weighted by Crippen LogP contribution is -3.19. The number of hydrogen-bond donors (Lipinski definition) is 2. The normalized spacial score (nSPS) is 21.1. The summed E-state index contributed by atoms with van der Waals surface area (Å²) in [6, 6.07) is 3.53. The van der Waals surface area contributed by atoms with Crippen LogP contribution in [0.15, 0.2) is 23.1 Å². The molecular formula is C16H22ClFN3O3S+. The van der Waals surface area contributed by atoms with Crippen LogP contribution in [0.2, 0.25) is 5.02 Å². The van der Waals surface area contributed by atoms with Gasteiger partial charge in [0.25, 0.3) is 5.91 Å². The minimum absolute atomic E-state index is 0.0122. The van der Waals surface area contributed by atoms with Gasteiger partial charge >= 0.3 is 0 Å². The molecule has 1 saturated heterocycles. The van der Waals surface area contributed by atoms with Crippen molar-refractivity contribution in [1.82, 2.24) is 9.62 Å². The second-order valence-electron chi connectivity index (χ2n) is 6.64. The summed E-state index contributed by atoms with van der Waals surface area (Å²) in [5.41, 5.74) is 0. The number of nitrogens with zero attached hydrogens (tertiary/aromatic N) is 1. The number of hydrogen-bond acceptors (Lipinski definition) is 3. The molecular weight excluding hydrogens is 369 g/mol. The number of amides is 1. The predicted molar refractivity (Wildman–Crippen MR) is 91.5 cm³/mol. The number of nitrogens with one attached hydrogen (secondary N) is 2. The van der Waals surface area contributed by atoms with E-state index in [1.807, 2.05) is 6.92 Å². The van der Waals surface area contributed by atoms with Crippen molar-refractivity contribution >= 4 is 27.5 Å². The van der Waals surface area contributed by atoms with Gasteiger partial charge in [0.15, 0.2) is 6.04 Å². The molecule has 138 valence electrons. The molecule has 2 aliphatic rings. The highest BCUT2D eigenvalue weighted by Crippen LogP contribution is 2.22. The topological polar surface area (TPSA) is 70.9 Å². The summed E-state index contributed by atoms with van der Waals surface area (Å²) in [7, 11) is -3.71. The molecule has 1 aromatic rings. The van der Waals surface area contributed by atoms with E-state index in [4.69, 9.17) is 11.6 Å². The van der Waals surface area contributed by atoms with Crippen molar-refractivity contribution in [3.05, 3.63) is 29.0 Å². The van der Waals surface area contributed by atoms with Gasteiger partial charge in [-0.15, -0.1) is 0 Å². The Bertz CT molecular complexity index is 762. The van der Waals surface area contributed by atoms with Crippen LogP contribution in [-0.4, -0.2) is 56.9 Å². The Morgan fingerprint density at radius 1 is 1.36 bits per heavy atom. The lowest BCUT2D eigenvalue weighted by molar-refractivity contribution is -0.917. The standard InChI is InChI=1S/C16H21ClFN3O3S/c1-11(16(22)19-12-2-3-12)20-6-8-21(9-7-20)25(23,24)13-4-5-15(18)14(17)10-13/h4-5,10-12H,2-3,6-9H2,1H3,(H,19,22)/p+1/t11-/m1/s1. The van der Waals surface area contributed by atoms with E-state index >= 15 is 0 Å². The van der Waals surface area contributed by atoms with Crippen LogP contribution in [-0.2, 0) is 14.8 Å². The largest absolute Gasteiger partial charge is 0.348 e. The molecule has 3 rings (SSSR count). The van der Waals surface area contributed by atoms with Crippen molar-refractivity contribution in [2.75, 3.05) is 26.2 Å². The molecule has 0 unspecified atom stereocenters. The van der Waals surface area contributed by atoms with E-state index in [-0.39, 0.29) is 21.9 Å². The zero-order valence-electron chi connectivity index (χ0n) is 14.0. The fourth-order valence-corrected chi connectivity index (χ4v) is 4.69. The van der Waals surface area contributed by atoms with Crippen LogP contribution < -0.4 is 10.2 Å². The van der Waals surface area contributed by atoms with E-state index in [1.54, 1.807) is 0 Å². The Morgan fingerprint density at radius 3 is 2.56 bits per heavy atom.